The normalized spacial score (nSPS) is 12.1. The number of benzene rings is 1. The van der Waals surface area contributed by atoms with Crippen LogP contribution in [0.4, 0.5) is 5.95 Å². The van der Waals surface area contributed by atoms with Crippen LogP contribution in [0.3, 0.4) is 0 Å². The molecule has 0 spiro atoms. The Morgan fingerprint density at radius 3 is 2.75 bits per heavy atom. The van der Waals surface area contributed by atoms with E-state index in [2.05, 4.69) is 25.8 Å². The monoisotopic (exact) mass is 273 g/mol. The molecule has 6 nitrogen and oxygen atoms in total. The molecule has 1 amide bonds. The average Bonchev–Trinajstić information content (AvgIpc) is 2.47. The Bertz CT molecular complexity index is 587. The van der Waals surface area contributed by atoms with Crippen molar-refractivity contribution in [2.24, 2.45) is 0 Å². The van der Waals surface area contributed by atoms with E-state index in [0.29, 0.717) is 18.9 Å². The second-order valence-corrected chi connectivity index (χ2v) is 4.68. The van der Waals surface area contributed by atoms with Gasteiger partial charge < -0.3 is 10.6 Å². The van der Waals surface area contributed by atoms with E-state index in [0.717, 1.165) is 17.5 Å². The number of para-hydroxylation sites is 1. The van der Waals surface area contributed by atoms with Gasteiger partial charge in [0.1, 0.15) is 5.52 Å². The zero-order valence-corrected chi connectivity index (χ0v) is 11.8. The van der Waals surface area contributed by atoms with Crippen LogP contribution >= 0.6 is 0 Å². The van der Waals surface area contributed by atoms with Gasteiger partial charge in [0.2, 0.25) is 11.9 Å². The summed E-state index contributed by atoms with van der Waals surface area (Å²) in [6, 6.07) is 7.75. The van der Waals surface area contributed by atoms with Gasteiger partial charge in [-0.25, -0.2) is 4.98 Å². The summed E-state index contributed by atoms with van der Waals surface area (Å²) in [5, 5.41) is 14.0. The molecule has 0 fully saturated rings. The molecule has 0 bridgehead atoms. The first-order chi connectivity index (χ1) is 9.69. The number of hydrogen-bond donors (Lipinski definition) is 2. The molecule has 0 saturated heterocycles. The molecule has 1 atom stereocenters. The maximum Gasteiger partial charge on any atom is 0.243 e. The highest BCUT2D eigenvalue weighted by Crippen LogP contribution is 2.08. The van der Waals surface area contributed by atoms with Crippen LogP contribution in [0.2, 0.25) is 0 Å². The number of anilines is 1. The molecule has 0 aliphatic rings. The molecule has 0 aliphatic heterocycles. The van der Waals surface area contributed by atoms with Crippen molar-refractivity contribution in [1.29, 1.82) is 0 Å². The van der Waals surface area contributed by atoms with E-state index in [4.69, 9.17) is 0 Å². The van der Waals surface area contributed by atoms with Gasteiger partial charge in [-0.1, -0.05) is 19.1 Å². The minimum Gasteiger partial charge on any atom is -0.354 e. The standard InChI is InChI=1S/C14H19N5O/c1-3-10(2)16-13(20)8-9-15-14-17-11-6-4-5-7-12(11)18-19-14/h4-7,10H,3,8-9H2,1-2H3,(H,16,20)(H,15,17,19). The second kappa shape index (κ2) is 6.79. The van der Waals surface area contributed by atoms with Gasteiger partial charge in [-0.15, -0.1) is 10.2 Å². The van der Waals surface area contributed by atoms with Gasteiger partial charge in [-0.3, -0.25) is 4.79 Å². The Balaban J connectivity index is 1.85. The van der Waals surface area contributed by atoms with Crippen molar-refractivity contribution in [3.8, 4) is 0 Å². The summed E-state index contributed by atoms with van der Waals surface area (Å²) >= 11 is 0. The van der Waals surface area contributed by atoms with E-state index in [9.17, 15) is 4.79 Å². The molecule has 6 heteroatoms. The van der Waals surface area contributed by atoms with Crippen LogP contribution < -0.4 is 10.6 Å². The minimum atomic E-state index is 0.0283. The first-order valence-corrected chi connectivity index (χ1v) is 6.81. The number of nitrogens with one attached hydrogen (secondary N) is 2. The fourth-order valence-electron chi connectivity index (χ4n) is 1.69. The molecule has 0 saturated carbocycles. The lowest BCUT2D eigenvalue weighted by Crippen LogP contribution is -2.33. The van der Waals surface area contributed by atoms with Crippen LogP contribution in [0.1, 0.15) is 26.7 Å². The molecule has 1 heterocycles. The molecular formula is C14H19N5O. The second-order valence-electron chi connectivity index (χ2n) is 4.68. The van der Waals surface area contributed by atoms with Crippen LogP contribution in [-0.2, 0) is 4.79 Å². The zero-order chi connectivity index (χ0) is 14.4. The van der Waals surface area contributed by atoms with Gasteiger partial charge in [0.15, 0.2) is 0 Å². The Hall–Kier alpha value is -2.24. The van der Waals surface area contributed by atoms with Crippen molar-refractivity contribution in [3.05, 3.63) is 24.3 Å². The molecule has 2 aromatic rings. The number of carbonyl (C=O) groups excluding carboxylic acids is 1. The Morgan fingerprint density at radius 2 is 2.00 bits per heavy atom. The lowest BCUT2D eigenvalue weighted by molar-refractivity contribution is -0.121. The molecule has 1 aromatic carbocycles. The fourth-order valence-corrected chi connectivity index (χ4v) is 1.69. The summed E-state index contributed by atoms with van der Waals surface area (Å²) in [7, 11) is 0. The largest absolute Gasteiger partial charge is 0.354 e. The number of hydrogen-bond acceptors (Lipinski definition) is 5. The predicted molar refractivity (Wildman–Crippen MR) is 78.3 cm³/mol. The van der Waals surface area contributed by atoms with Crippen LogP contribution in [-0.4, -0.2) is 33.7 Å². The number of aromatic nitrogens is 3. The highest BCUT2D eigenvalue weighted by atomic mass is 16.1. The summed E-state index contributed by atoms with van der Waals surface area (Å²) in [6.45, 7) is 4.52. The molecule has 2 N–H and O–H groups in total. The van der Waals surface area contributed by atoms with E-state index >= 15 is 0 Å². The smallest absolute Gasteiger partial charge is 0.243 e. The summed E-state index contributed by atoms with van der Waals surface area (Å²) in [5.74, 6) is 0.473. The van der Waals surface area contributed by atoms with Gasteiger partial charge in [-0.2, -0.15) is 0 Å². The lowest BCUT2D eigenvalue weighted by Gasteiger charge is -2.11. The highest BCUT2D eigenvalue weighted by Gasteiger charge is 2.06. The third-order valence-electron chi connectivity index (χ3n) is 3.02. The quantitative estimate of drug-likeness (QED) is 0.838. The summed E-state index contributed by atoms with van der Waals surface area (Å²) in [6.07, 6.45) is 1.32. The van der Waals surface area contributed by atoms with Crippen molar-refractivity contribution in [1.82, 2.24) is 20.5 Å². The summed E-state index contributed by atoms with van der Waals surface area (Å²) < 4.78 is 0. The number of amides is 1. The zero-order valence-electron chi connectivity index (χ0n) is 11.8. The van der Waals surface area contributed by atoms with Crippen LogP contribution in [0.15, 0.2) is 24.3 Å². The van der Waals surface area contributed by atoms with E-state index in [1.54, 1.807) is 0 Å². The van der Waals surface area contributed by atoms with Gasteiger partial charge in [-0.05, 0) is 25.5 Å². The maximum absolute atomic E-state index is 11.6. The third-order valence-corrected chi connectivity index (χ3v) is 3.02. The van der Waals surface area contributed by atoms with Gasteiger partial charge >= 0.3 is 0 Å². The van der Waals surface area contributed by atoms with Crippen molar-refractivity contribution in [2.45, 2.75) is 32.7 Å². The van der Waals surface area contributed by atoms with Crippen molar-refractivity contribution in [2.75, 3.05) is 11.9 Å². The number of rotatable bonds is 6. The third kappa shape index (κ3) is 3.88. The van der Waals surface area contributed by atoms with Gasteiger partial charge in [0, 0.05) is 19.0 Å². The minimum absolute atomic E-state index is 0.0283. The van der Waals surface area contributed by atoms with Gasteiger partial charge in [0.25, 0.3) is 0 Å². The van der Waals surface area contributed by atoms with Crippen LogP contribution in [0.25, 0.3) is 11.0 Å². The molecule has 1 unspecified atom stereocenters. The van der Waals surface area contributed by atoms with Crippen molar-refractivity contribution < 1.29 is 4.79 Å². The average molecular weight is 273 g/mol. The molecule has 20 heavy (non-hydrogen) atoms. The topological polar surface area (TPSA) is 79.8 Å². The first-order valence-electron chi connectivity index (χ1n) is 6.81. The van der Waals surface area contributed by atoms with Gasteiger partial charge in [0.05, 0.1) is 5.52 Å². The Morgan fingerprint density at radius 1 is 1.25 bits per heavy atom. The molecule has 1 aromatic heterocycles. The molecule has 0 aliphatic carbocycles. The molecule has 106 valence electrons. The highest BCUT2D eigenvalue weighted by molar-refractivity contribution is 5.77. The lowest BCUT2D eigenvalue weighted by atomic mass is 10.2. The van der Waals surface area contributed by atoms with E-state index in [1.165, 1.54) is 0 Å². The fraction of sp³-hybridized carbons (Fsp3) is 0.429. The van der Waals surface area contributed by atoms with Crippen molar-refractivity contribution in [3.63, 3.8) is 0 Å². The molecular weight excluding hydrogens is 254 g/mol. The van der Waals surface area contributed by atoms with E-state index in [1.807, 2.05) is 38.1 Å². The summed E-state index contributed by atoms with van der Waals surface area (Å²) in [4.78, 5) is 15.9. The Labute approximate surface area is 118 Å². The first kappa shape index (κ1) is 14.2. The predicted octanol–water partition coefficient (Wildman–Crippen LogP) is 1.74. The Kier molecular flexibility index (Phi) is 4.81. The van der Waals surface area contributed by atoms with E-state index in [-0.39, 0.29) is 11.9 Å². The number of nitrogens with zero attached hydrogens (tertiary/aromatic N) is 3. The van der Waals surface area contributed by atoms with Crippen molar-refractivity contribution >= 4 is 22.9 Å². The van der Waals surface area contributed by atoms with Crippen LogP contribution in [0.5, 0.6) is 0 Å². The van der Waals surface area contributed by atoms with Crippen LogP contribution in [0, 0.1) is 0 Å². The summed E-state index contributed by atoms with van der Waals surface area (Å²) in [5.41, 5.74) is 1.54. The molecule has 2 rings (SSSR count). The maximum atomic E-state index is 11.6. The number of carbonyl (C=O) groups is 1. The molecule has 0 radical (unpaired) electrons. The number of fused-ring (bicyclic) bond motifs is 1. The van der Waals surface area contributed by atoms with E-state index < -0.39 is 0 Å². The SMILES string of the molecule is CCC(C)NC(=O)CCNc1nnc2ccccc2n1.